The number of aromatic nitrogens is 2. The van der Waals surface area contributed by atoms with Crippen molar-refractivity contribution in [1.82, 2.24) is 0 Å². The monoisotopic (exact) mass is 649 g/mol. The number of nitrogen functional groups attached to an aromatic ring is 2. The second-order valence-corrected chi connectivity index (χ2v) is 15.1. The highest BCUT2D eigenvalue weighted by atomic mass is 15.0. The highest BCUT2D eigenvalue weighted by Crippen LogP contribution is 2.31. The Morgan fingerprint density at radius 3 is 1.08 bits per heavy atom. The van der Waals surface area contributed by atoms with Gasteiger partial charge in [0.05, 0.1) is 22.1 Å². The second kappa shape index (κ2) is 18.0. The summed E-state index contributed by atoms with van der Waals surface area (Å²) in [4.78, 5) is 0. The van der Waals surface area contributed by atoms with Gasteiger partial charge in [-0.2, -0.15) is 9.13 Å². The molecule has 4 N–H and O–H groups in total. The lowest BCUT2D eigenvalue weighted by Gasteiger charge is -2.18. The molecule has 4 aromatic rings. The second-order valence-electron chi connectivity index (χ2n) is 15.1. The van der Waals surface area contributed by atoms with Gasteiger partial charge in [0.15, 0.2) is 11.4 Å². The van der Waals surface area contributed by atoms with Crippen molar-refractivity contribution >= 4 is 33.2 Å². The highest BCUT2D eigenvalue weighted by Gasteiger charge is 2.27. The lowest BCUT2D eigenvalue weighted by Crippen LogP contribution is -2.42. The number of para-hydroxylation sites is 2. The smallest absolute Gasteiger partial charge is 0.214 e. The van der Waals surface area contributed by atoms with Crippen molar-refractivity contribution in [2.75, 3.05) is 11.5 Å². The summed E-state index contributed by atoms with van der Waals surface area (Å²) >= 11 is 0. The minimum atomic E-state index is 1.04. The van der Waals surface area contributed by atoms with Gasteiger partial charge in [-0.3, -0.25) is 0 Å². The summed E-state index contributed by atoms with van der Waals surface area (Å²) in [6, 6.07) is 17.6. The predicted molar refractivity (Wildman–Crippen MR) is 204 cm³/mol. The number of hydrogen-bond donors (Lipinski definition) is 2. The van der Waals surface area contributed by atoms with Crippen molar-refractivity contribution in [3.8, 4) is 0 Å². The first-order chi connectivity index (χ1) is 23.7. The van der Waals surface area contributed by atoms with Crippen LogP contribution >= 0.6 is 0 Å². The average Bonchev–Trinajstić information content (AvgIpc) is 3.13. The fourth-order valence-corrected chi connectivity index (χ4v) is 8.97. The van der Waals surface area contributed by atoms with Crippen molar-refractivity contribution in [2.45, 2.75) is 167 Å². The molecule has 48 heavy (non-hydrogen) atoms. The molecule has 0 saturated heterocycles. The molecule has 0 atom stereocenters. The Bertz CT molecular complexity index is 1500. The van der Waals surface area contributed by atoms with Gasteiger partial charge in [0.1, 0.15) is 13.1 Å². The Morgan fingerprint density at radius 1 is 0.396 bits per heavy atom. The van der Waals surface area contributed by atoms with Crippen LogP contribution in [0.25, 0.3) is 21.8 Å². The van der Waals surface area contributed by atoms with Crippen LogP contribution in [0.5, 0.6) is 0 Å². The van der Waals surface area contributed by atoms with Crippen LogP contribution in [-0.4, -0.2) is 0 Å². The van der Waals surface area contributed by atoms with Crippen LogP contribution < -0.4 is 20.6 Å². The van der Waals surface area contributed by atoms with Gasteiger partial charge in [-0.05, 0) is 63.5 Å². The standard InChI is InChI=1S/C44H62N4/c45-43-35-25-15-19-29-39(35)47(40-30-20-16-26-36(40)43)33-23-13-11-9-7-5-3-1-2-4-6-8-10-12-14-24-34-48-41-31-21-17-27-37(41)44(46)38-28-18-22-32-42(38)48/h15,17,19,21,25,27,29,31,45-46H,1-14,16,18,20,22-24,26,28,30,32-34H2/p+2. The molecule has 258 valence electrons. The normalized spacial score (nSPS) is 14.4. The maximum Gasteiger partial charge on any atom is 0.214 e. The summed E-state index contributed by atoms with van der Waals surface area (Å²) in [5, 5.41) is 2.51. The molecule has 0 spiro atoms. The highest BCUT2D eigenvalue weighted by molar-refractivity contribution is 5.90. The Hall–Kier alpha value is -3.14. The molecule has 0 fully saturated rings. The van der Waals surface area contributed by atoms with Crippen molar-refractivity contribution in [3.05, 3.63) is 71.0 Å². The molecule has 4 heteroatoms. The van der Waals surface area contributed by atoms with Gasteiger partial charge in [-0.15, -0.1) is 0 Å². The maximum atomic E-state index is 6.63. The number of hydrogen-bond acceptors (Lipinski definition) is 2. The van der Waals surface area contributed by atoms with E-state index in [4.69, 9.17) is 11.5 Å². The molecule has 2 aliphatic carbocycles. The number of benzene rings is 2. The molecular weight excluding hydrogens is 585 g/mol. The topological polar surface area (TPSA) is 59.8 Å². The number of nitrogens with two attached hydrogens (primary N) is 2. The molecule has 0 bridgehead atoms. The van der Waals surface area contributed by atoms with E-state index in [1.165, 1.54) is 186 Å². The third-order valence-electron chi connectivity index (χ3n) is 11.7. The molecule has 0 unspecified atom stereocenters. The van der Waals surface area contributed by atoms with Crippen LogP contribution in [-0.2, 0) is 38.8 Å². The third-order valence-corrected chi connectivity index (χ3v) is 11.7. The molecule has 4 nitrogen and oxygen atoms in total. The quantitative estimate of drug-likeness (QED) is 0.0785. The van der Waals surface area contributed by atoms with Crippen LogP contribution in [0.3, 0.4) is 0 Å². The predicted octanol–water partition coefficient (Wildman–Crippen LogP) is 10.4. The van der Waals surface area contributed by atoms with Crippen LogP contribution in [0.1, 0.15) is 151 Å². The summed E-state index contributed by atoms with van der Waals surface area (Å²) in [7, 11) is 0. The Balaban J connectivity index is 0.774. The van der Waals surface area contributed by atoms with E-state index in [0.717, 1.165) is 37.3 Å². The number of pyridine rings is 2. The lowest BCUT2D eigenvalue weighted by atomic mass is 9.92. The number of fused-ring (bicyclic) bond motifs is 4. The first kappa shape index (κ1) is 34.7. The van der Waals surface area contributed by atoms with E-state index >= 15 is 0 Å². The lowest BCUT2D eigenvalue weighted by molar-refractivity contribution is -0.680. The molecule has 0 saturated carbocycles. The van der Waals surface area contributed by atoms with E-state index in [0.29, 0.717) is 0 Å². The van der Waals surface area contributed by atoms with Crippen molar-refractivity contribution in [3.63, 3.8) is 0 Å². The number of unbranched alkanes of at least 4 members (excludes halogenated alkanes) is 15. The first-order valence-electron chi connectivity index (χ1n) is 20.2. The molecule has 2 aromatic carbocycles. The molecular formula is C44H64N4+2. The zero-order valence-corrected chi connectivity index (χ0v) is 30.1. The average molecular weight is 649 g/mol. The van der Waals surface area contributed by atoms with Gasteiger partial charge in [0.2, 0.25) is 11.0 Å². The van der Waals surface area contributed by atoms with E-state index in [-0.39, 0.29) is 0 Å². The van der Waals surface area contributed by atoms with E-state index in [2.05, 4.69) is 57.7 Å². The summed E-state index contributed by atoms with van der Waals surface area (Å²) < 4.78 is 5.24. The number of anilines is 2. The van der Waals surface area contributed by atoms with Crippen LogP contribution in [0.2, 0.25) is 0 Å². The zero-order chi connectivity index (χ0) is 33.0. The van der Waals surface area contributed by atoms with Crippen molar-refractivity contribution < 1.29 is 9.13 Å². The largest absolute Gasteiger partial charge is 0.398 e. The molecule has 6 rings (SSSR count). The summed E-state index contributed by atoms with van der Waals surface area (Å²) in [5.41, 5.74) is 23.9. The SMILES string of the molecule is Nc1c2c([n+](CCCCCCCCCCCCCCCCCC[n+]3c4c(c(N)c5ccccc53)CCCC4)c3ccccc13)CCCC2. The Morgan fingerprint density at radius 2 is 0.708 bits per heavy atom. The first-order valence-corrected chi connectivity index (χ1v) is 20.2. The minimum absolute atomic E-state index is 1.04. The number of nitrogens with zero attached hydrogens (tertiary/aromatic N) is 2. The van der Waals surface area contributed by atoms with E-state index in [1.54, 1.807) is 0 Å². The molecule has 2 aromatic heterocycles. The van der Waals surface area contributed by atoms with E-state index in [1.807, 2.05) is 0 Å². The number of aryl methyl sites for hydroxylation is 2. The van der Waals surface area contributed by atoms with Gasteiger partial charge in [-0.1, -0.05) is 101 Å². The van der Waals surface area contributed by atoms with Crippen molar-refractivity contribution in [1.29, 1.82) is 0 Å². The van der Waals surface area contributed by atoms with E-state index < -0.39 is 0 Å². The summed E-state index contributed by atoms with van der Waals surface area (Å²) in [6.45, 7) is 2.29. The Kier molecular flexibility index (Phi) is 13.0. The molecule has 0 amide bonds. The molecule has 2 heterocycles. The maximum absolute atomic E-state index is 6.63. The fourth-order valence-electron chi connectivity index (χ4n) is 8.97. The van der Waals surface area contributed by atoms with Gasteiger partial charge < -0.3 is 11.5 Å². The van der Waals surface area contributed by atoms with Crippen LogP contribution in [0.4, 0.5) is 11.4 Å². The Labute approximate surface area is 291 Å². The van der Waals surface area contributed by atoms with Crippen LogP contribution in [0, 0.1) is 0 Å². The summed E-state index contributed by atoms with van der Waals surface area (Å²) in [6.07, 6.45) is 32.1. The molecule has 0 aliphatic heterocycles. The minimum Gasteiger partial charge on any atom is -0.398 e. The molecule has 0 radical (unpaired) electrons. The fraction of sp³-hybridized carbons (Fsp3) is 0.591. The number of rotatable bonds is 19. The zero-order valence-electron chi connectivity index (χ0n) is 30.1. The van der Waals surface area contributed by atoms with E-state index in [9.17, 15) is 0 Å². The molecule has 2 aliphatic rings. The van der Waals surface area contributed by atoms with Gasteiger partial charge >= 0.3 is 0 Å². The van der Waals surface area contributed by atoms with Gasteiger partial charge in [-0.25, -0.2) is 0 Å². The van der Waals surface area contributed by atoms with Crippen LogP contribution in [0.15, 0.2) is 48.5 Å². The van der Waals surface area contributed by atoms with Crippen molar-refractivity contribution in [2.24, 2.45) is 0 Å². The third kappa shape index (κ3) is 8.52. The van der Waals surface area contributed by atoms with Gasteiger partial charge in [0, 0.05) is 48.9 Å². The van der Waals surface area contributed by atoms with Gasteiger partial charge in [0.25, 0.3) is 0 Å². The summed E-state index contributed by atoms with van der Waals surface area (Å²) in [5.74, 6) is 0.